The molecule has 0 atom stereocenters. The Labute approximate surface area is 115 Å². The highest BCUT2D eigenvalue weighted by Gasteiger charge is 2.20. The Morgan fingerprint density at radius 1 is 1.50 bits per heavy atom. The van der Waals surface area contributed by atoms with Crippen molar-refractivity contribution in [2.45, 2.75) is 26.4 Å². The SMILES string of the molecule is CCOC(C)(C)CNC(=O)c1cc(Br)ccc1F. The summed E-state index contributed by atoms with van der Waals surface area (Å²) >= 11 is 3.21. The van der Waals surface area contributed by atoms with Crippen LogP contribution in [0.5, 0.6) is 0 Å². The second-order valence-corrected chi connectivity index (χ2v) is 5.42. The molecule has 0 unspecified atom stereocenters. The first-order valence-electron chi connectivity index (χ1n) is 5.73. The van der Waals surface area contributed by atoms with Crippen molar-refractivity contribution in [1.29, 1.82) is 0 Å². The van der Waals surface area contributed by atoms with Crippen LogP contribution in [0, 0.1) is 5.82 Å². The molecule has 0 aliphatic carbocycles. The van der Waals surface area contributed by atoms with E-state index in [2.05, 4.69) is 21.2 Å². The molecule has 3 nitrogen and oxygen atoms in total. The largest absolute Gasteiger partial charge is 0.374 e. The van der Waals surface area contributed by atoms with E-state index < -0.39 is 17.3 Å². The summed E-state index contributed by atoms with van der Waals surface area (Å²) in [5, 5.41) is 2.67. The molecule has 0 aliphatic heterocycles. The fraction of sp³-hybridized carbons (Fsp3) is 0.462. The van der Waals surface area contributed by atoms with Crippen molar-refractivity contribution in [2.24, 2.45) is 0 Å². The predicted octanol–water partition coefficient (Wildman–Crippen LogP) is 3.13. The van der Waals surface area contributed by atoms with Gasteiger partial charge >= 0.3 is 0 Å². The predicted molar refractivity (Wildman–Crippen MR) is 72.1 cm³/mol. The summed E-state index contributed by atoms with van der Waals surface area (Å²) in [4.78, 5) is 11.8. The van der Waals surface area contributed by atoms with E-state index in [4.69, 9.17) is 4.74 Å². The number of nitrogens with one attached hydrogen (secondary N) is 1. The van der Waals surface area contributed by atoms with Gasteiger partial charge in [-0.15, -0.1) is 0 Å². The average Bonchev–Trinajstić information content (AvgIpc) is 2.29. The molecule has 1 amide bonds. The van der Waals surface area contributed by atoms with E-state index in [0.29, 0.717) is 17.6 Å². The van der Waals surface area contributed by atoms with Crippen molar-refractivity contribution in [3.05, 3.63) is 34.1 Å². The van der Waals surface area contributed by atoms with Crippen LogP contribution < -0.4 is 5.32 Å². The summed E-state index contributed by atoms with van der Waals surface area (Å²) < 4.78 is 19.6. The highest BCUT2D eigenvalue weighted by atomic mass is 79.9. The third kappa shape index (κ3) is 4.38. The van der Waals surface area contributed by atoms with Crippen molar-refractivity contribution in [3.63, 3.8) is 0 Å². The molecule has 0 aromatic heterocycles. The van der Waals surface area contributed by atoms with Gasteiger partial charge in [0.2, 0.25) is 0 Å². The molecule has 18 heavy (non-hydrogen) atoms. The molecule has 0 bridgehead atoms. The molecule has 0 saturated carbocycles. The number of halogens is 2. The maximum atomic E-state index is 13.5. The molecule has 0 fully saturated rings. The molecular formula is C13H17BrFNO2. The lowest BCUT2D eigenvalue weighted by atomic mass is 10.1. The first-order chi connectivity index (χ1) is 8.35. The third-order valence-corrected chi connectivity index (χ3v) is 2.88. The summed E-state index contributed by atoms with van der Waals surface area (Å²) in [6, 6.07) is 4.27. The number of benzene rings is 1. The maximum Gasteiger partial charge on any atom is 0.254 e. The van der Waals surface area contributed by atoms with Gasteiger partial charge in [0.1, 0.15) is 5.82 Å². The number of hydrogen-bond donors (Lipinski definition) is 1. The highest BCUT2D eigenvalue weighted by molar-refractivity contribution is 9.10. The van der Waals surface area contributed by atoms with Crippen molar-refractivity contribution in [1.82, 2.24) is 5.32 Å². The number of rotatable bonds is 5. The van der Waals surface area contributed by atoms with Crippen molar-refractivity contribution >= 4 is 21.8 Å². The van der Waals surface area contributed by atoms with Crippen LogP contribution in [0.1, 0.15) is 31.1 Å². The quantitative estimate of drug-likeness (QED) is 0.906. The maximum absolute atomic E-state index is 13.5. The molecule has 1 N–H and O–H groups in total. The first-order valence-corrected chi connectivity index (χ1v) is 6.52. The van der Waals surface area contributed by atoms with Crippen LogP contribution in [-0.2, 0) is 4.74 Å². The van der Waals surface area contributed by atoms with Gasteiger partial charge in [-0.1, -0.05) is 15.9 Å². The standard InChI is InChI=1S/C13H17BrFNO2/c1-4-18-13(2,3)8-16-12(17)10-7-9(14)5-6-11(10)15/h5-7H,4,8H2,1-3H3,(H,16,17). The number of hydrogen-bond acceptors (Lipinski definition) is 2. The van der Waals surface area contributed by atoms with Crippen LogP contribution in [0.4, 0.5) is 4.39 Å². The zero-order valence-electron chi connectivity index (χ0n) is 10.7. The number of carbonyl (C=O) groups is 1. The molecular weight excluding hydrogens is 301 g/mol. The van der Waals surface area contributed by atoms with Crippen molar-refractivity contribution in [2.75, 3.05) is 13.2 Å². The van der Waals surface area contributed by atoms with Crippen molar-refractivity contribution in [3.8, 4) is 0 Å². The van der Waals surface area contributed by atoms with E-state index >= 15 is 0 Å². The lowest BCUT2D eigenvalue weighted by Gasteiger charge is -2.24. The normalized spacial score (nSPS) is 11.4. The van der Waals surface area contributed by atoms with Gasteiger partial charge in [-0.3, -0.25) is 4.79 Å². The fourth-order valence-electron chi connectivity index (χ4n) is 1.50. The Morgan fingerprint density at radius 2 is 2.17 bits per heavy atom. The van der Waals surface area contributed by atoms with Crippen LogP contribution in [-0.4, -0.2) is 24.7 Å². The first kappa shape index (κ1) is 15.1. The number of ether oxygens (including phenoxy) is 1. The van der Waals surface area contributed by atoms with E-state index in [-0.39, 0.29) is 5.56 Å². The van der Waals surface area contributed by atoms with Gasteiger partial charge in [0, 0.05) is 17.6 Å². The highest BCUT2D eigenvalue weighted by Crippen LogP contribution is 2.16. The lowest BCUT2D eigenvalue weighted by Crippen LogP contribution is -2.40. The summed E-state index contributed by atoms with van der Waals surface area (Å²) in [5.41, 5.74) is -0.441. The topological polar surface area (TPSA) is 38.3 Å². The number of carbonyl (C=O) groups excluding carboxylic acids is 1. The minimum Gasteiger partial charge on any atom is -0.374 e. The smallest absolute Gasteiger partial charge is 0.254 e. The summed E-state index contributed by atoms with van der Waals surface area (Å²) in [6.07, 6.45) is 0. The molecule has 100 valence electrons. The van der Waals surface area contributed by atoms with E-state index in [1.54, 1.807) is 6.07 Å². The van der Waals surface area contributed by atoms with E-state index in [0.717, 1.165) is 0 Å². The Morgan fingerprint density at radius 3 is 2.78 bits per heavy atom. The van der Waals surface area contributed by atoms with Gasteiger partial charge in [-0.25, -0.2) is 4.39 Å². The van der Waals surface area contributed by atoms with E-state index in [1.807, 2.05) is 20.8 Å². The third-order valence-electron chi connectivity index (χ3n) is 2.38. The van der Waals surface area contributed by atoms with Crippen molar-refractivity contribution < 1.29 is 13.9 Å². The van der Waals surface area contributed by atoms with E-state index in [1.165, 1.54) is 12.1 Å². The molecule has 0 saturated heterocycles. The Balaban J connectivity index is 2.69. The lowest BCUT2D eigenvalue weighted by molar-refractivity contribution is -0.00818. The Bertz CT molecular complexity index is 435. The molecule has 5 heteroatoms. The minimum atomic E-state index is -0.537. The van der Waals surface area contributed by atoms with Gasteiger partial charge in [-0.05, 0) is 39.0 Å². The van der Waals surface area contributed by atoms with Gasteiger partial charge in [0.25, 0.3) is 5.91 Å². The minimum absolute atomic E-state index is 0.0247. The van der Waals surface area contributed by atoms with Crippen LogP contribution in [0.25, 0.3) is 0 Å². The summed E-state index contributed by atoms with van der Waals surface area (Å²) in [7, 11) is 0. The van der Waals surface area contributed by atoms with Gasteiger partial charge in [0.15, 0.2) is 0 Å². The summed E-state index contributed by atoms with van der Waals surface area (Å²) in [5.74, 6) is -0.980. The molecule has 0 heterocycles. The Kier molecular flexibility index (Phi) is 5.28. The second kappa shape index (κ2) is 6.29. The molecule has 0 aliphatic rings. The Hall–Kier alpha value is -0.940. The fourth-order valence-corrected chi connectivity index (χ4v) is 1.86. The second-order valence-electron chi connectivity index (χ2n) is 4.50. The van der Waals surface area contributed by atoms with Gasteiger partial charge in [0.05, 0.1) is 11.2 Å². The van der Waals surface area contributed by atoms with Gasteiger partial charge < -0.3 is 10.1 Å². The zero-order valence-corrected chi connectivity index (χ0v) is 12.3. The molecule has 0 spiro atoms. The molecule has 1 rings (SSSR count). The summed E-state index contributed by atoms with van der Waals surface area (Å²) in [6.45, 7) is 6.51. The number of amides is 1. The molecule has 1 aromatic carbocycles. The van der Waals surface area contributed by atoms with E-state index in [9.17, 15) is 9.18 Å². The monoisotopic (exact) mass is 317 g/mol. The molecule has 1 aromatic rings. The van der Waals surface area contributed by atoms with Gasteiger partial charge in [-0.2, -0.15) is 0 Å². The average molecular weight is 318 g/mol. The zero-order chi connectivity index (χ0) is 13.8. The van der Waals surface area contributed by atoms with Crippen LogP contribution in [0.15, 0.2) is 22.7 Å². The van der Waals surface area contributed by atoms with Crippen LogP contribution in [0.3, 0.4) is 0 Å². The molecule has 0 radical (unpaired) electrons. The van der Waals surface area contributed by atoms with Crippen LogP contribution >= 0.6 is 15.9 Å². The van der Waals surface area contributed by atoms with Crippen LogP contribution in [0.2, 0.25) is 0 Å².